The van der Waals surface area contributed by atoms with Crippen LogP contribution in [0.15, 0.2) is 12.1 Å². The van der Waals surface area contributed by atoms with Gasteiger partial charge in [0.2, 0.25) is 0 Å². The molecular formula is C14H18O3. The van der Waals surface area contributed by atoms with E-state index < -0.39 is 5.97 Å². The highest BCUT2D eigenvalue weighted by Gasteiger charge is 2.29. The number of hydrogen-bond donors (Lipinski definition) is 1. The fourth-order valence-corrected chi connectivity index (χ4v) is 2.65. The number of carboxylic acids is 1. The van der Waals surface area contributed by atoms with Crippen LogP contribution in [0.2, 0.25) is 0 Å². The smallest absolute Gasteiger partial charge is 0.339 e. The number of methoxy groups -OCH3 is 1. The molecule has 0 atom stereocenters. The fourth-order valence-electron chi connectivity index (χ4n) is 2.65. The zero-order chi connectivity index (χ0) is 12.6. The number of fused-ring (bicyclic) bond motifs is 1. The first-order valence-corrected chi connectivity index (χ1v) is 5.90. The molecule has 17 heavy (non-hydrogen) atoms. The summed E-state index contributed by atoms with van der Waals surface area (Å²) in [4.78, 5) is 11.2. The molecule has 0 aliphatic heterocycles. The van der Waals surface area contributed by atoms with E-state index in [1.165, 1.54) is 12.7 Å². The summed E-state index contributed by atoms with van der Waals surface area (Å²) in [5.41, 5.74) is 2.70. The Morgan fingerprint density at radius 2 is 2.12 bits per heavy atom. The molecule has 0 aromatic heterocycles. The molecular weight excluding hydrogens is 216 g/mol. The van der Waals surface area contributed by atoms with Gasteiger partial charge in [-0.25, -0.2) is 4.79 Å². The van der Waals surface area contributed by atoms with Crippen LogP contribution in [0.3, 0.4) is 0 Å². The molecule has 1 N–H and O–H groups in total. The SMILES string of the molecule is COc1cc2c(cc1C(=O)O)C(C)(C)CCC2. The number of rotatable bonds is 2. The standard InChI is InChI=1S/C14H18O3/c1-14(2)6-4-5-9-7-12(17-3)10(13(15)16)8-11(9)14/h7-8H,4-6H2,1-3H3,(H,15,16). The lowest BCUT2D eigenvalue weighted by molar-refractivity contribution is 0.0693. The average Bonchev–Trinajstić information content (AvgIpc) is 2.27. The molecule has 92 valence electrons. The van der Waals surface area contributed by atoms with Gasteiger partial charge in [-0.2, -0.15) is 0 Å². The van der Waals surface area contributed by atoms with Gasteiger partial charge in [-0.3, -0.25) is 0 Å². The molecule has 0 bridgehead atoms. The first-order chi connectivity index (χ1) is 7.95. The third-order valence-corrected chi connectivity index (χ3v) is 3.63. The van der Waals surface area contributed by atoms with E-state index in [-0.39, 0.29) is 11.0 Å². The zero-order valence-corrected chi connectivity index (χ0v) is 10.5. The zero-order valence-electron chi connectivity index (χ0n) is 10.5. The molecule has 0 saturated carbocycles. The van der Waals surface area contributed by atoms with Crippen molar-refractivity contribution in [2.45, 2.75) is 38.5 Å². The minimum Gasteiger partial charge on any atom is -0.496 e. The Labute approximate surface area is 101 Å². The van der Waals surface area contributed by atoms with E-state index >= 15 is 0 Å². The molecule has 0 heterocycles. The van der Waals surface area contributed by atoms with Gasteiger partial charge < -0.3 is 9.84 Å². The molecule has 1 aliphatic rings. The maximum absolute atomic E-state index is 11.2. The van der Waals surface area contributed by atoms with Gasteiger partial charge in [0.25, 0.3) is 0 Å². The fraction of sp³-hybridized carbons (Fsp3) is 0.500. The van der Waals surface area contributed by atoms with E-state index in [2.05, 4.69) is 13.8 Å². The molecule has 0 spiro atoms. The van der Waals surface area contributed by atoms with Gasteiger partial charge in [-0.05, 0) is 47.9 Å². The van der Waals surface area contributed by atoms with Crippen LogP contribution in [0.1, 0.15) is 48.2 Å². The number of ether oxygens (including phenoxy) is 1. The normalized spacial score (nSPS) is 17.4. The Bertz CT molecular complexity index is 461. The molecule has 1 aromatic carbocycles. The third-order valence-electron chi connectivity index (χ3n) is 3.63. The second-order valence-electron chi connectivity index (χ2n) is 5.25. The van der Waals surface area contributed by atoms with E-state index in [1.807, 2.05) is 6.07 Å². The van der Waals surface area contributed by atoms with Crippen molar-refractivity contribution < 1.29 is 14.6 Å². The number of carbonyl (C=O) groups is 1. The molecule has 0 unspecified atom stereocenters. The minimum absolute atomic E-state index is 0.0596. The van der Waals surface area contributed by atoms with E-state index in [9.17, 15) is 9.90 Å². The van der Waals surface area contributed by atoms with Crippen LogP contribution in [0.4, 0.5) is 0 Å². The lowest BCUT2D eigenvalue weighted by Gasteiger charge is -2.33. The summed E-state index contributed by atoms with van der Waals surface area (Å²) in [7, 11) is 1.52. The summed E-state index contributed by atoms with van der Waals surface area (Å²) in [6, 6.07) is 3.68. The highest BCUT2D eigenvalue weighted by atomic mass is 16.5. The van der Waals surface area contributed by atoms with Crippen molar-refractivity contribution in [2.24, 2.45) is 0 Å². The summed E-state index contributed by atoms with van der Waals surface area (Å²) in [5, 5.41) is 9.19. The van der Waals surface area contributed by atoms with Gasteiger partial charge >= 0.3 is 5.97 Å². The maximum Gasteiger partial charge on any atom is 0.339 e. The Morgan fingerprint density at radius 1 is 1.41 bits per heavy atom. The van der Waals surface area contributed by atoms with Crippen molar-refractivity contribution in [1.29, 1.82) is 0 Å². The van der Waals surface area contributed by atoms with Crippen LogP contribution < -0.4 is 4.74 Å². The van der Waals surface area contributed by atoms with Crippen molar-refractivity contribution in [3.8, 4) is 5.75 Å². The van der Waals surface area contributed by atoms with Crippen LogP contribution in [0, 0.1) is 0 Å². The quantitative estimate of drug-likeness (QED) is 0.855. The third kappa shape index (κ3) is 2.02. The molecule has 3 nitrogen and oxygen atoms in total. The van der Waals surface area contributed by atoms with Crippen molar-refractivity contribution in [3.05, 3.63) is 28.8 Å². The number of aryl methyl sites for hydroxylation is 1. The molecule has 0 radical (unpaired) electrons. The van der Waals surface area contributed by atoms with Crippen molar-refractivity contribution in [2.75, 3.05) is 7.11 Å². The Balaban J connectivity index is 2.62. The highest BCUT2D eigenvalue weighted by Crippen LogP contribution is 2.39. The lowest BCUT2D eigenvalue weighted by Crippen LogP contribution is -2.24. The monoisotopic (exact) mass is 234 g/mol. The Morgan fingerprint density at radius 3 is 2.71 bits per heavy atom. The molecule has 2 rings (SSSR count). The van der Waals surface area contributed by atoms with Crippen molar-refractivity contribution in [3.63, 3.8) is 0 Å². The summed E-state index contributed by atoms with van der Waals surface area (Å²) >= 11 is 0. The minimum atomic E-state index is -0.925. The van der Waals surface area contributed by atoms with Gasteiger partial charge in [-0.15, -0.1) is 0 Å². The van der Waals surface area contributed by atoms with Crippen LogP contribution in [-0.2, 0) is 11.8 Å². The molecule has 0 amide bonds. The second kappa shape index (κ2) is 4.06. The predicted molar refractivity (Wildman–Crippen MR) is 65.9 cm³/mol. The Hall–Kier alpha value is -1.51. The number of benzene rings is 1. The lowest BCUT2D eigenvalue weighted by atomic mass is 9.72. The second-order valence-corrected chi connectivity index (χ2v) is 5.25. The van der Waals surface area contributed by atoms with Crippen LogP contribution >= 0.6 is 0 Å². The van der Waals surface area contributed by atoms with Crippen LogP contribution in [0.25, 0.3) is 0 Å². The summed E-state index contributed by atoms with van der Waals surface area (Å²) < 4.78 is 5.16. The van der Waals surface area contributed by atoms with E-state index in [0.29, 0.717) is 5.75 Å². The number of aromatic carboxylic acids is 1. The average molecular weight is 234 g/mol. The van der Waals surface area contributed by atoms with Gasteiger partial charge in [0.05, 0.1) is 7.11 Å². The number of carboxylic acid groups (broad SMARTS) is 1. The van der Waals surface area contributed by atoms with Gasteiger partial charge in [0, 0.05) is 0 Å². The first-order valence-electron chi connectivity index (χ1n) is 5.90. The first kappa shape index (κ1) is 12.0. The summed E-state index contributed by atoms with van der Waals surface area (Å²) in [6.07, 6.45) is 3.26. The largest absolute Gasteiger partial charge is 0.496 e. The molecule has 3 heteroatoms. The molecule has 1 aliphatic carbocycles. The van der Waals surface area contributed by atoms with E-state index in [1.54, 1.807) is 6.07 Å². The summed E-state index contributed by atoms with van der Waals surface area (Å²) in [6.45, 7) is 4.34. The van der Waals surface area contributed by atoms with Crippen molar-refractivity contribution >= 4 is 5.97 Å². The predicted octanol–water partition coefficient (Wildman–Crippen LogP) is 3.01. The van der Waals surface area contributed by atoms with Crippen molar-refractivity contribution in [1.82, 2.24) is 0 Å². The Kier molecular flexibility index (Phi) is 2.86. The van der Waals surface area contributed by atoms with Gasteiger partial charge in [0.15, 0.2) is 0 Å². The number of hydrogen-bond acceptors (Lipinski definition) is 2. The molecule has 0 fully saturated rings. The summed E-state index contributed by atoms with van der Waals surface area (Å²) in [5.74, 6) is -0.458. The van der Waals surface area contributed by atoms with E-state index in [4.69, 9.17) is 4.74 Å². The highest BCUT2D eigenvalue weighted by molar-refractivity contribution is 5.91. The van der Waals surface area contributed by atoms with Crippen LogP contribution in [0.5, 0.6) is 5.75 Å². The maximum atomic E-state index is 11.2. The molecule has 0 saturated heterocycles. The van der Waals surface area contributed by atoms with E-state index in [0.717, 1.165) is 24.8 Å². The molecule has 1 aromatic rings. The van der Waals surface area contributed by atoms with Gasteiger partial charge in [-0.1, -0.05) is 13.8 Å². The van der Waals surface area contributed by atoms with Crippen LogP contribution in [-0.4, -0.2) is 18.2 Å². The topological polar surface area (TPSA) is 46.5 Å². The van der Waals surface area contributed by atoms with Gasteiger partial charge in [0.1, 0.15) is 11.3 Å².